The first-order chi connectivity index (χ1) is 7.43. The maximum absolute atomic E-state index is 3.44. The van der Waals surface area contributed by atoms with Gasteiger partial charge in [0.1, 0.15) is 0 Å². The number of para-hydroxylation sites is 2. The van der Waals surface area contributed by atoms with Gasteiger partial charge in [0.2, 0.25) is 0 Å². The molecule has 0 aromatic heterocycles. The van der Waals surface area contributed by atoms with Gasteiger partial charge in [-0.2, -0.15) is 0 Å². The predicted molar refractivity (Wildman–Crippen MR) is 72.3 cm³/mol. The Bertz CT molecular complexity index is 484. The largest absolute Gasteiger partial charge is 0.355 e. The maximum Gasteiger partial charge on any atom is 0.0457 e. The summed E-state index contributed by atoms with van der Waals surface area (Å²) >= 11 is 0. The van der Waals surface area contributed by atoms with Crippen LogP contribution in [0.4, 0.5) is 11.4 Å². The monoisotopic (exact) mass is 229 g/mol. The van der Waals surface area contributed by atoms with Gasteiger partial charge in [0.25, 0.3) is 0 Å². The van der Waals surface area contributed by atoms with Crippen LogP contribution in [0.3, 0.4) is 0 Å². The van der Waals surface area contributed by atoms with E-state index in [1.54, 1.807) is 0 Å². The van der Waals surface area contributed by atoms with Crippen LogP contribution in [-0.2, 0) is 0 Å². The highest BCUT2D eigenvalue weighted by Gasteiger charge is 2.05. The number of halogens is 1. The number of benzene rings is 2. The highest BCUT2D eigenvalue weighted by Crippen LogP contribution is 2.29. The summed E-state index contributed by atoms with van der Waals surface area (Å²) in [6, 6.07) is 16.6. The van der Waals surface area contributed by atoms with E-state index in [-0.39, 0.29) is 12.4 Å². The molecule has 0 unspecified atom stereocenters. The van der Waals surface area contributed by atoms with Crippen molar-refractivity contribution in [3.8, 4) is 0 Å². The lowest BCUT2D eigenvalue weighted by Gasteiger charge is -2.08. The number of anilines is 2. The van der Waals surface area contributed by atoms with E-state index in [0.29, 0.717) is 0 Å². The quantitative estimate of drug-likeness (QED) is 0.605. The lowest BCUT2D eigenvalue weighted by molar-refractivity contribution is 1.53. The fourth-order valence-corrected chi connectivity index (χ4v) is 1.84. The fourth-order valence-electron chi connectivity index (χ4n) is 1.84. The molecule has 1 heterocycles. The Morgan fingerprint density at radius 1 is 0.625 bits per heavy atom. The van der Waals surface area contributed by atoms with E-state index in [0.717, 1.165) is 0 Å². The molecule has 16 heavy (non-hydrogen) atoms. The normalized spacial score (nSPS) is 11.5. The first-order valence-electron chi connectivity index (χ1n) is 5.07. The van der Waals surface area contributed by atoms with Crippen molar-refractivity contribution in [1.29, 1.82) is 0 Å². The Hall–Kier alpha value is -1.73. The Kier molecular flexibility index (Phi) is 2.97. The van der Waals surface area contributed by atoms with Gasteiger partial charge in [-0.05, 0) is 23.3 Å². The zero-order valence-corrected chi connectivity index (χ0v) is 9.50. The molecule has 0 saturated carbocycles. The first-order valence-corrected chi connectivity index (χ1v) is 5.07. The van der Waals surface area contributed by atoms with Crippen LogP contribution in [0.2, 0.25) is 0 Å². The molecule has 1 N–H and O–H groups in total. The van der Waals surface area contributed by atoms with Crippen molar-refractivity contribution in [2.75, 3.05) is 5.32 Å². The predicted octanol–water partition coefficient (Wildman–Crippen LogP) is 4.34. The lowest BCUT2D eigenvalue weighted by Crippen LogP contribution is -1.92. The summed E-state index contributed by atoms with van der Waals surface area (Å²) in [5.41, 5.74) is 4.79. The van der Waals surface area contributed by atoms with Crippen molar-refractivity contribution >= 4 is 35.9 Å². The molecule has 3 rings (SSSR count). The van der Waals surface area contributed by atoms with E-state index in [2.05, 4.69) is 53.9 Å². The Balaban J connectivity index is 0.000000963. The van der Waals surface area contributed by atoms with Gasteiger partial charge < -0.3 is 5.32 Å². The van der Waals surface area contributed by atoms with E-state index in [4.69, 9.17) is 0 Å². The van der Waals surface area contributed by atoms with Crippen LogP contribution in [0.15, 0.2) is 48.5 Å². The molecular weight excluding hydrogens is 218 g/mol. The van der Waals surface area contributed by atoms with Crippen LogP contribution in [0.5, 0.6) is 0 Å². The molecule has 0 fully saturated rings. The second-order valence-electron chi connectivity index (χ2n) is 3.63. The second kappa shape index (κ2) is 4.42. The SMILES string of the molecule is C1=Cc2ccccc2Nc2ccccc21.Cl. The minimum Gasteiger partial charge on any atom is -0.355 e. The first kappa shape index (κ1) is 10.8. The molecular formula is C14H12ClN. The van der Waals surface area contributed by atoms with Gasteiger partial charge in [0.15, 0.2) is 0 Å². The molecule has 0 spiro atoms. The van der Waals surface area contributed by atoms with Crippen LogP contribution >= 0.6 is 12.4 Å². The van der Waals surface area contributed by atoms with Crippen molar-refractivity contribution in [1.82, 2.24) is 0 Å². The highest BCUT2D eigenvalue weighted by molar-refractivity contribution is 5.87. The Morgan fingerprint density at radius 3 is 1.56 bits per heavy atom. The number of hydrogen-bond acceptors (Lipinski definition) is 1. The molecule has 1 aliphatic rings. The van der Waals surface area contributed by atoms with Crippen LogP contribution in [0.1, 0.15) is 11.1 Å². The van der Waals surface area contributed by atoms with E-state index < -0.39 is 0 Å². The third-order valence-electron chi connectivity index (χ3n) is 2.63. The molecule has 1 nitrogen and oxygen atoms in total. The van der Waals surface area contributed by atoms with Gasteiger partial charge in [-0.25, -0.2) is 0 Å². The summed E-state index contributed by atoms with van der Waals surface area (Å²) in [7, 11) is 0. The summed E-state index contributed by atoms with van der Waals surface area (Å²) in [4.78, 5) is 0. The van der Waals surface area contributed by atoms with Crippen molar-refractivity contribution in [3.05, 3.63) is 59.7 Å². The molecule has 0 atom stereocenters. The topological polar surface area (TPSA) is 12.0 Å². The standard InChI is InChI=1S/C14H11N.ClH/c1-3-7-13-11(5-1)9-10-12-6-2-4-8-14(12)15-13;/h1-10,15H;1H. The third-order valence-corrected chi connectivity index (χ3v) is 2.63. The zero-order valence-electron chi connectivity index (χ0n) is 8.68. The molecule has 2 aromatic rings. The van der Waals surface area contributed by atoms with Crippen LogP contribution in [0.25, 0.3) is 12.2 Å². The summed E-state index contributed by atoms with van der Waals surface area (Å²) in [5.74, 6) is 0. The van der Waals surface area contributed by atoms with E-state index in [1.807, 2.05) is 12.1 Å². The van der Waals surface area contributed by atoms with Crippen LogP contribution < -0.4 is 5.32 Å². The molecule has 2 aromatic carbocycles. The molecule has 1 aliphatic heterocycles. The van der Waals surface area contributed by atoms with Gasteiger partial charge in [0, 0.05) is 11.4 Å². The minimum absolute atomic E-state index is 0. The van der Waals surface area contributed by atoms with E-state index in [1.165, 1.54) is 22.5 Å². The third kappa shape index (κ3) is 1.82. The molecule has 2 heteroatoms. The molecule has 0 amide bonds. The van der Waals surface area contributed by atoms with Crippen LogP contribution in [-0.4, -0.2) is 0 Å². The van der Waals surface area contributed by atoms with Gasteiger partial charge in [0.05, 0.1) is 0 Å². The van der Waals surface area contributed by atoms with Gasteiger partial charge in [-0.3, -0.25) is 0 Å². The number of hydrogen-bond donors (Lipinski definition) is 1. The van der Waals surface area contributed by atoms with Crippen molar-refractivity contribution < 1.29 is 0 Å². The second-order valence-corrected chi connectivity index (χ2v) is 3.63. The van der Waals surface area contributed by atoms with Crippen molar-refractivity contribution in [2.45, 2.75) is 0 Å². The van der Waals surface area contributed by atoms with Gasteiger partial charge >= 0.3 is 0 Å². The highest BCUT2D eigenvalue weighted by atomic mass is 35.5. The number of nitrogens with one attached hydrogen (secondary N) is 1. The molecule has 80 valence electrons. The number of fused-ring (bicyclic) bond motifs is 2. The van der Waals surface area contributed by atoms with Crippen molar-refractivity contribution in [3.63, 3.8) is 0 Å². The molecule has 0 bridgehead atoms. The molecule has 0 radical (unpaired) electrons. The molecule has 0 aliphatic carbocycles. The Morgan fingerprint density at radius 2 is 1.06 bits per heavy atom. The smallest absolute Gasteiger partial charge is 0.0457 e. The summed E-state index contributed by atoms with van der Waals surface area (Å²) in [6.07, 6.45) is 4.29. The summed E-state index contributed by atoms with van der Waals surface area (Å²) in [6.45, 7) is 0. The lowest BCUT2D eigenvalue weighted by atomic mass is 10.1. The van der Waals surface area contributed by atoms with Crippen molar-refractivity contribution in [2.24, 2.45) is 0 Å². The van der Waals surface area contributed by atoms with Gasteiger partial charge in [-0.1, -0.05) is 48.6 Å². The number of rotatable bonds is 0. The maximum atomic E-state index is 3.44. The Labute approximate surface area is 101 Å². The summed E-state index contributed by atoms with van der Waals surface area (Å²) < 4.78 is 0. The zero-order chi connectivity index (χ0) is 10.1. The van der Waals surface area contributed by atoms with Crippen LogP contribution in [0, 0.1) is 0 Å². The average molecular weight is 230 g/mol. The summed E-state index contributed by atoms with van der Waals surface area (Å²) in [5, 5.41) is 3.44. The minimum atomic E-state index is 0. The van der Waals surface area contributed by atoms with E-state index in [9.17, 15) is 0 Å². The van der Waals surface area contributed by atoms with E-state index >= 15 is 0 Å². The fraction of sp³-hybridized carbons (Fsp3) is 0. The molecule has 0 saturated heterocycles. The average Bonchev–Trinajstić information content (AvgIpc) is 2.48. The van der Waals surface area contributed by atoms with Gasteiger partial charge in [-0.15, -0.1) is 12.4 Å².